The standard InChI is InChI=1S/C19H20FN3O2/c1-3-22(4-2)19(13-5-8-15(9-6-13)23(24)25)17-12-21-18-10-7-14(20)11-16(17)18/h5-12,19,21H,3-4H2,1-2H3. The van der Waals surface area contributed by atoms with Crippen molar-refractivity contribution in [1.82, 2.24) is 9.88 Å². The van der Waals surface area contributed by atoms with Crippen molar-refractivity contribution < 1.29 is 9.31 Å². The summed E-state index contributed by atoms with van der Waals surface area (Å²) in [6.45, 7) is 5.74. The average Bonchev–Trinajstić information content (AvgIpc) is 3.02. The Kier molecular flexibility index (Phi) is 4.81. The number of aromatic amines is 1. The highest BCUT2D eigenvalue weighted by Crippen LogP contribution is 2.34. The van der Waals surface area contributed by atoms with Crippen LogP contribution in [-0.2, 0) is 0 Å². The average molecular weight is 341 g/mol. The molecule has 0 saturated heterocycles. The number of nitrogens with one attached hydrogen (secondary N) is 1. The van der Waals surface area contributed by atoms with E-state index in [-0.39, 0.29) is 17.5 Å². The van der Waals surface area contributed by atoms with Gasteiger partial charge in [-0.05, 0) is 42.4 Å². The van der Waals surface area contributed by atoms with Crippen molar-refractivity contribution >= 4 is 16.6 Å². The van der Waals surface area contributed by atoms with Crippen molar-refractivity contribution in [3.05, 3.63) is 75.7 Å². The second-order valence-electron chi connectivity index (χ2n) is 5.91. The van der Waals surface area contributed by atoms with Gasteiger partial charge in [-0.1, -0.05) is 26.0 Å². The maximum absolute atomic E-state index is 13.8. The van der Waals surface area contributed by atoms with Crippen LogP contribution in [0.3, 0.4) is 0 Å². The van der Waals surface area contributed by atoms with Gasteiger partial charge in [-0.2, -0.15) is 0 Å². The van der Waals surface area contributed by atoms with Gasteiger partial charge in [-0.15, -0.1) is 0 Å². The van der Waals surface area contributed by atoms with Crippen LogP contribution >= 0.6 is 0 Å². The number of aromatic nitrogens is 1. The van der Waals surface area contributed by atoms with Crippen LogP contribution in [0, 0.1) is 15.9 Å². The lowest BCUT2D eigenvalue weighted by Gasteiger charge is -2.30. The molecule has 1 aromatic heterocycles. The van der Waals surface area contributed by atoms with Crippen LogP contribution in [0.5, 0.6) is 0 Å². The van der Waals surface area contributed by atoms with E-state index >= 15 is 0 Å². The van der Waals surface area contributed by atoms with E-state index in [0.29, 0.717) is 0 Å². The van der Waals surface area contributed by atoms with Crippen LogP contribution in [0.25, 0.3) is 10.9 Å². The molecule has 0 amide bonds. The summed E-state index contributed by atoms with van der Waals surface area (Å²) in [6, 6.07) is 11.2. The lowest BCUT2D eigenvalue weighted by atomic mass is 9.96. The van der Waals surface area contributed by atoms with Gasteiger partial charge in [-0.25, -0.2) is 4.39 Å². The summed E-state index contributed by atoms with van der Waals surface area (Å²) >= 11 is 0. The van der Waals surface area contributed by atoms with Crippen LogP contribution in [0.15, 0.2) is 48.7 Å². The number of halogens is 1. The largest absolute Gasteiger partial charge is 0.361 e. The second-order valence-corrected chi connectivity index (χ2v) is 5.91. The maximum atomic E-state index is 13.8. The van der Waals surface area contributed by atoms with E-state index in [9.17, 15) is 14.5 Å². The lowest BCUT2D eigenvalue weighted by molar-refractivity contribution is -0.384. The molecule has 1 unspecified atom stereocenters. The third-order valence-corrected chi connectivity index (χ3v) is 4.57. The molecule has 0 radical (unpaired) electrons. The number of fused-ring (bicyclic) bond motifs is 1. The fraction of sp³-hybridized carbons (Fsp3) is 0.263. The zero-order valence-corrected chi connectivity index (χ0v) is 14.2. The number of non-ortho nitro benzene ring substituents is 1. The number of nitro benzene ring substituents is 1. The van der Waals surface area contributed by atoms with Crippen molar-refractivity contribution in [2.45, 2.75) is 19.9 Å². The summed E-state index contributed by atoms with van der Waals surface area (Å²) in [7, 11) is 0. The third-order valence-electron chi connectivity index (χ3n) is 4.57. The number of nitro groups is 1. The Morgan fingerprint density at radius 1 is 1.16 bits per heavy atom. The molecule has 6 heteroatoms. The van der Waals surface area contributed by atoms with Gasteiger partial charge in [0.1, 0.15) is 5.82 Å². The molecule has 1 N–H and O–H groups in total. The van der Waals surface area contributed by atoms with E-state index in [2.05, 4.69) is 23.7 Å². The van der Waals surface area contributed by atoms with E-state index in [1.165, 1.54) is 24.3 Å². The second kappa shape index (κ2) is 7.03. The minimum absolute atomic E-state index is 0.0621. The van der Waals surface area contributed by atoms with Crippen LogP contribution < -0.4 is 0 Å². The summed E-state index contributed by atoms with van der Waals surface area (Å²) < 4.78 is 13.8. The molecule has 0 aliphatic heterocycles. The maximum Gasteiger partial charge on any atom is 0.269 e. The van der Waals surface area contributed by atoms with Gasteiger partial charge in [0.05, 0.1) is 11.0 Å². The van der Waals surface area contributed by atoms with Crippen LogP contribution in [-0.4, -0.2) is 27.9 Å². The molecule has 2 aromatic carbocycles. The molecule has 3 rings (SSSR count). The zero-order valence-electron chi connectivity index (χ0n) is 14.2. The smallest absolute Gasteiger partial charge is 0.269 e. The summed E-state index contributed by atoms with van der Waals surface area (Å²) in [6.07, 6.45) is 1.90. The van der Waals surface area contributed by atoms with Crippen LogP contribution in [0.1, 0.15) is 31.0 Å². The van der Waals surface area contributed by atoms with Gasteiger partial charge in [-0.3, -0.25) is 15.0 Å². The Balaban J connectivity index is 2.14. The van der Waals surface area contributed by atoms with Crippen LogP contribution in [0.2, 0.25) is 0 Å². The number of rotatable bonds is 6. The van der Waals surface area contributed by atoms with E-state index in [0.717, 1.165) is 35.1 Å². The molecule has 25 heavy (non-hydrogen) atoms. The summed E-state index contributed by atoms with van der Waals surface area (Å²) in [5.74, 6) is -0.282. The first-order chi connectivity index (χ1) is 12.0. The normalized spacial score (nSPS) is 12.6. The minimum Gasteiger partial charge on any atom is -0.361 e. The Bertz CT molecular complexity index is 885. The van der Waals surface area contributed by atoms with Crippen molar-refractivity contribution in [1.29, 1.82) is 0 Å². The third kappa shape index (κ3) is 3.25. The minimum atomic E-state index is -0.405. The Labute approximate surface area is 145 Å². The molecule has 1 heterocycles. The van der Waals surface area contributed by atoms with Gasteiger partial charge in [0.2, 0.25) is 0 Å². The molecule has 130 valence electrons. The van der Waals surface area contributed by atoms with Gasteiger partial charge in [0.25, 0.3) is 5.69 Å². The predicted octanol–water partition coefficient (Wildman–Crippen LogP) is 4.65. The number of H-pyrrole nitrogens is 1. The highest BCUT2D eigenvalue weighted by Gasteiger charge is 2.24. The Morgan fingerprint density at radius 2 is 1.84 bits per heavy atom. The Hall–Kier alpha value is -2.73. The van der Waals surface area contributed by atoms with Crippen molar-refractivity contribution in [2.24, 2.45) is 0 Å². The molecule has 1 atom stereocenters. The first-order valence-electron chi connectivity index (χ1n) is 8.30. The molecule has 0 aliphatic carbocycles. The summed E-state index contributed by atoms with van der Waals surface area (Å²) in [5, 5.41) is 11.7. The topological polar surface area (TPSA) is 62.2 Å². The monoisotopic (exact) mass is 341 g/mol. The summed E-state index contributed by atoms with van der Waals surface area (Å²) in [4.78, 5) is 16.0. The molecule has 3 aromatic rings. The fourth-order valence-electron chi connectivity index (χ4n) is 3.29. The van der Waals surface area contributed by atoms with E-state index in [1.807, 2.05) is 6.20 Å². The van der Waals surface area contributed by atoms with E-state index < -0.39 is 4.92 Å². The highest BCUT2D eigenvalue weighted by molar-refractivity contribution is 5.84. The van der Waals surface area contributed by atoms with E-state index in [1.54, 1.807) is 18.2 Å². The molecule has 5 nitrogen and oxygen atoms in total. The number of hydrogen-bond donors (Lipinski definition) is 1. The van der Waals surface area contributed by atoms with Gasteiger partial charge in [0, 0.05) is 29.2 Å². The predicted molar refractivity (Wildman–Crippen MR) is 96.1 cm³/mol. The molecule has 0 bridgehead atoms. The van der Waals surface area contributed by atoms with E-state index in [4.69, 9.17) is 0 Å². The molecule has 0 fully saturated rings. The van der Waals surface area contributed by atoms with Gasteiger partial charge >= 0.3 is 0 Å². The van der Waals surface area contributed by atoms with Crippen molar-refractivity contribution in [3.63, 3.8) is 0 Å². The van der Waals surface area contributed by atoms with Crippen molar-refractivity contribution in [3.8, 4) is 0 Å². The molecular weight excluding hydrogens is 321 g/mol. The fourth-order valence-corrected chi connectivity index (χ4v) is 3.29. The van der Waals surface area contributed by atoms with Crippen molar-refractivity contribution in [2.75, 3.05) is 13.1 Å². The number of benzene rings is 2. The number of hydrogen-bond acceptors (Lipinski definition) is 3. The highest BCUT2D eigenvalue weighted by atomic mass is 19.1. The number of nitrogens with zero attached hydrogens (tertiary/aromatic N) is 2. The zero-order chi connectivity index (χ0) is 18.0. The first kappa shape index (κ1) is 17.1. The van der Waals surface area contributed by atoms with Gasteiger partial charge < -0.3 is 4.98 Å². The molecule has 0 spiro atoms. The summed E-state index contributed by atoms with van der Waals surface area (Å²) in [5.41, 5.74) is 2.84. The van der Waals surface area contributed by atoms with Gasteiger partial charge in [0.15, 0.2) is 0 Å². The Morgan fingerprint density at radius 3 is 2.44 bits per heavy atom. The molecule has 0 saturated carbocycles. The molecular formula is C19H20FN3O2. The lowest BCUT2D eigenvalue weighted by Crippen LogP contribution is -2.29. The molecule has 0 aliphatic rings. The quantitative estimate of drug-likeness (QED) is 0.524. The first-order valence-corrected chi connectivity index (χ1v) is 8.30. The SMILES string of the molecule is CCN(CC)C(c1ccc([N+](=O)[O-])cc1)c1c[nH]c2ccc(F)cc12. The van der Waals surface area contributed by atoms with Crippen LogP contribution in [0.4, 0.5) is 10.1 Å².